The van der Waals surface area contributed by atoms with Gasteiger partial charge in [0.1, 0.15) is 27.7 Å². The second-order valence-electron chi connectivity index (χ2n) is 7.09. The molecule has 2 N–H and O–H groups in total. The highest BCUT2D eigenvalue weighted by Crippen LogP contribution is 2.32. The lowest BCUT2D eigenvalue weighted by molar-refractivity contribution is 0.342. The van der Waals surface area contributed by atoms with Crippen molar-refractivity contribution >= 4 is 26.8 Å². The summed E-state index contributed by atoms with van der Waals surface area (Å²) in [6.07, 6.45) is 8.79. The molecule has 144 valence electrons. The first-order chi connectivity index (χ1) is 12.6. The predicted molar refractivity (Wildman–Crippen MR) is 108 cm³/mol. The van der Waals surface area contributed by atoms with Gasteiger partial charge in [0.25, 0.3) is 0 Å². The Bertz CT molecular complexity index is 833. The Morgan fingerprint density at radius 3 is 2.81 bits per heavy atom. The SMILES string of the molecule is CCCN=S(=O)(CC1CCC(N(C)c2ncnc3[nH]ccc23)CC1)NC. The Morgan fingerprint density at radius 2 is 2.12 bits per heavy atom. The van der Waals surface area contributed by atoms with Crippen LogP contribution in [0.15, 0.2) is 23.0 Å². The number of rotatable bonds is 7. The van der Waals surface area contributed by atoms with Crippen LogP contribution in [0.1, 0.15) is 39.0 Å². The molecule has 1 aliphatic carbocycles. The Balaban J connectivity index is 1.63. The van der Waals surface area contributed by atoms with E-state index in [1.165, 1.54) is 0 Å². The summed E-state index contributed by atoms with van der Waals surface area (Å²) in [5, 5.41) is 1.06. The number of anilines is 1. The van der Waals surface area contributed by atoms with Gasteiger partial charge in [0.05, 0.1) is 5.39 Å². The molecule has 3 rings (SSSR count). The third-order valence-corrected chi connectivity index (χ3v) is 7.50. The average molecular weight is 379 g/mol. The van der Waals surface area contributed by atoms with Crippen molar-refractivity contribution in [1.29, 1.82) is 0 Å². The van der Waals surface area contributed by atoms with Crippen LogP contribution in [0.25, 0.3) is 11.0 Å². The van der Waals surface area contributed by atoms with E-state index in [9.17, 15) is 4.21 Å². The van der Waals surface area contributed by atoms with Crippen molar-refractivity contribution in [3.63, 3.8) is 0 Å². The van der Waals surface area contributed by atoms with Crippen LogP contribution >= 0.6 is 0 Å². The average Bonchev–Trinajstić information content (AvgIpc) is 3.15. The van der Waals surface area contributed by atoms with Crippen LogP contribution in [0.3, 0.4) is 0 Å². The van der Waals surface area contributed by atoms with Crippen molar-refractivity contribution in [3.8, 4) is 0 Å². The number of nitrogens with one attached hydrogen (secondary N) is 2. The molecule has 26 heavy (non-hydrogen) atoms. The third-order valence-electron chi connectivity index (χ3n) is 5.34. The van der Waals surface area contributed by atoms with Crippen LogP contribution < -0.4 is 9.62 Å². The Kier molecular flexibility index (Phi) is 6.13. The van der Waals surface area contributed by atoms with Crippen LogP contribution in [-0.4, -0.2) is 51.6 Å². The number of H-pyrrole nitrogens is 1. The minimum absolute atomic E-state index is 0.456. The van der Waals surface area contributed by atoms with E-state index in [0.717, 1.165) is 49.0 Å². The summed E-state index contributed by atoms with van der Waals surface area (Å²) in [6.45, 7) is 2.73. The van der Waals surface area contributed by atoms with E-state index in [2.05, 4.69) is 42.9 Å². The molecule has 2 aromatic rings. The number of fused-ring (bicyclic) bond motifs is 1. The molecule has 1 saturated carbocycles. The summed E-state index contributed by atoms with van der Waals surface area (Å²) in [5.74, 6) is 2.12. The molecule has 0 bridgehead atoms. The zero-order chi connectivity index (χ0) is 18.6. The van der Waals surface area contributed by atoms with E-state index in [1.54, 1.807) is 13.4 Å². The Hall–Kier alpha value is -1.67. The largest absolute Gasteiger partial charge is 0.356 e. The number of hydrogen-bond acceptors (Lipinski definition) is 5. The Labute approximate surface area is 156 Å². The number of aromatic nitrogens is 3. The van der Waals surface area contributed by atoms with Gasteiger partial charge >= 0.3 is 0 Å². The fraction of sp³-hybridized carbons (Fsp3) is 0.667. The molecule has 0 aromatic carbocycles. The zero-order valence-corrected chi connectivity index (χ0v) is 16.8. The van der Waals surface area contributed by atoms with Crippen molar-refractivity contribution in [2.75, 3.05) is 31.3 Å². The third kappa shape index (κ3) is 4.17. The molecule has 1 aliphatic rings. The van der Waals surface area contributed by atoms with Gasteiger partial charge in [0, 0.05) is 31.6 Å². The second-order valence-corrected chi connectivity index (χ2v) is 9.37. The molecule has 1 unspecified atom stereocenters. The maximum atomic E-state index is 12.8. The monoisotopic (exact) mass is 378 g/mol. The fourth-order valence-electron chi connectivity index (χ4n) is 3.77. The van der Waals surface area contributed by atoms with E-state index < -0.39 is 9.92 Å². The highest BCUT2D eigenvalue weighted by atomic mass is 32.2. The Morgan fingerprint density at radius 1 is 1.35 bits per heavy atom. The lowest BCUT2D eigenvalue weighted by atomic mass is 9.86. The highest BCUT2D eigenvalue weighted by Gasteiger charge is 2.27. The molecule has 1 fully saturated rings. The molecular formula is C18H30N6OS. The first kappa shape index (κ1) is 19.1. The van der Waals surface area contributed by atoms with Gasteiger partial charge in [-0.15, -0.1) is 0 Å². The van der Waals surface area contributed by atoms with Gasteiger partial charge in [-0.1, -0.05) is 6.92 Å². The summed E-state index contributed by atoms with van der Waals surface area (Å²) in [4.78, 5) is 14.2. The lowest BCUT2D eigenvalue weighted by Crippen LogP contribution is -2.38. The van der Waals surface area contributed by atoms with E-state index in [-0.39, 0.29) is 0 Å². The molecule has 0 saturated heterocycles. The van der Waals surface area contributed by atoms with Crippen LogP contribution in [0.5, 0.6) is 0 Å². The minimum Gasteiger partial charge on any atom is -0.356 e. The van der Waals surface area contributed by atoms with Crippen molar-refractivity contribution in [3.05, 3.63) is 18.6 Å². The molecule has 1 atom stereocenters. The molecule has 8 heteroatoms. The summed E-state index contributed by atoms with van der Waals surface area (Å²) in [6, 6.07) is 2.49. The smallest absolute Gasteiger partial charge is 0.142 e. The van der Waals surface area contributed by atoms with Crippen LogP contribution in [0, 0.1) is 5.92 Å². The van der Waals surface area contributed by atoms with Crippen molar-refractivity contribution in [1.82, 2.24) is 19.7 Å². The van der Waals surface area contributed by atoms with Gasteiger partial charge in [-0.2, -0.15) is 0 Å². The molecule has 2 aromatic heterocycles. The predicted octanol–water partition coefficient (Wildman–Crippen LogP) is 2.97. The first-order valence-electron chi connectivity index (χ1n) is 9.46. The van der Waals surface area contributed by atoms with Gasteiger partial charge in [-0.3, -0.25) is 0 Å². The minimum atomic E-state index is -2.26. The summed E-state index contributed by atoms with van der Waals surface area (Å²) < 4.78 is 20.2. The second kappa shape index (κ2) is 8.35. The van der Waals surface area contributed by atoms with Gasteiger partial charge in [0.2, 0.25) is 0 Å². The van der Waals surface area contributed by atoms with Gasteiger partial charge in [-0.05, 0) is 51.1 Å². The van der Waals surface area contributed by atoms with Crippen molar-refractivity contribution < 1.29 is 4.21 Å². The quantitative estimate of drug-likeness (QED) is 0.775. The van der Waals surface area contributed by atoms with Gasteiger partial charge in [-0.25, -0.2) is 23.3 Å². The fourth-order valence-corrected chi connectivity index (χ4v) is 5.62. The lowest BCUT2D eigenvalue weighted by Gasteiger charge is -2.35. The first-order valence-corrected chi connectivity index (χ1v) is 11.1. The summed E-state index contributed by atoms with van der Waals surface area (Å²) in [7, 11) is 1.62. The molecular weight excluding hydrogens is 348 g/mol. The van der Waals surface area contributed by atoms with E-state index >= 15 is 0 Å². The van der Waals surface area contributed by atoms with Crippen molar-refractivity contribution in [2.45, 2.75) is 45.1 Å². The topological polar surface area (TPSA) is 86.3 Å². The molecule has 2 heterocycles. The maximum absolute atomic E-state index is 12.8. The van der Waals surface area contributed by atoms with E-state index in [1.807, 2.05) is 12.3 Å². The molecule has 0 aliphatic heterocycles. The van der Waals surface area contributed by atoms with E-state index in [4.69, 9.17) is 0 Å². The summed E-state index contributed by atoms with van der Waals surface area (Å²) >= 11 is 0. The van der Waals surface area contributed by atoms with Crippen LogP contribution in [0.4, 0.5) is 5.82 Å². The molecule has 0 amide bonds. The highest BCUT2D eigenvalue weighted by molar-refractivity contribution is 7.91. The van der Waals surface area contributed by atoms with Crippen LogP contribution in [0.2, 0.25) is 0 Å². The molecule has 0 spiro atoms. The normalized spacial score (nSPS) is 22.9. The van der Waals surface area contributed by atoms with Crippen molar-refractivity contribution in [2.24, 2.45) is 10.3 Å². The number of hydrogen-bond donors (Lipinski definition) is 2. The standard InChI is InChI=1S/C18H30N6OS/c1-4-10-23-26(25,19-2)12-14-5-7-15(8-6-14)24(3)18-16-9-11-20-17(16)21-13-22-18/h9,11,13-15H,4-8,10,12H2,1-3H3,(H,19,23,25)(H,20,21,22). The molecule has 0 radical (unpaired) electrons. The molecule has 7 nitrogen and oxygen atoms in total. The number of nitrogens with zero attached hydrogens (tertiary/aromatic N) is 4. The number of aromatic amines is 1. The van der Waals surface area contributed by atoms with Gasteiger partial charge < -0.3 is 9.88 Å². The maximum Gasteiger partial charge on any atom is 0.142 e. The summed E-state index contributed by atoms with van der Waals surface area (Å²) in [5.41, 5.74) is 0.877. The van der Waals surface area contributed by atoms with Crippen LogP contribution in [-0.2, 0) is 9.92 Å². The zero-order valence-electron chi connectivity index (χ0n) is 15.9. The van der Waals surface area contributed by atoms with E-state index in [0.29, 0.717) is 24.3 Å². The van der Waals surface area contributed by atoms with Gasteiger partial charge in [0.15, 0.2) is 0 Å².